The molecule has 4 aliphatic carbocycles. The Balaban J connectivity index is 0.000000144. The van der Waals surface area contributed by atoms with Crippen LogP contribution in [0.5, 0.6) is 0 Å². The third-order valence-electron chi connectivity index (χ3n) is 19.6. The molecule has 0 heterocycles. The minimum Gasteiger partial charge on any atom is -0.354 e. The van der Waals surface area contributed by atoms with E-state index >= 15 is 0 Å². The Morgan fingerprint density at radius 2 is 0.407 bits per heavy atom. The van der Waals surface area contributed by atoms with E-state index in [2.05, 4.69) is 238 Å². The molecular formula is C96H102N12. The molecule has 4 aliphatic rings. The average molecular weight is 1420 g/mol. The van der Waals surface area contributed by atoms with Gasteiger partial charge in [0.2, 0.25) is 0 Å². The van der Waals surface area contributed by atoms with E-state index in [1.807, 2.05) is 88.4 Å². The molecule has 12 heteroatoms. The van der Waals surface area contributed by atoms with Gasteiger partial charge in [0.25, 0.3) is 0 Å². The van der Waals surface area contributed by atoms with Crippen LogP contribution in [0.15, 0.2) is 297 Å². The van der Waals surface area contributed by atoms with Crippen LogP contribution >= 0.6 is 0 Å². The third kappa shape index (κ3) is 22.2. The van der Waals surface area contributed by atoms with Gasteiger partial charge in [-0.15, -0.1) is 0 Å². The van der Waals surface area contributed by atoms with Gasteiger partial charge in [0.1, 0.15) is 0 Å². The topological polar surface area (TPSA) is 146 Å². The van der Waals surface area contributed by atoms with Gasteiger partial charge in [0.15, 0.2) is 0 Å². The van der Waals surface area contributed by atoms with Crippen LogP contribution in [0.1, 0.15) is 156 Å². The van der Waals surface area contributed by atoms with Gasteiger partial charge in [0, 0.05) is 68.4 Å². The molecule has 6 N–H and O–H groups in total. The molecule has 0 bridgehead atoms. The summed E-state index contributed by atoms with van der Waals surface area (Å²) < 4.78 is 0. The van der Waals surface area contributed by atoms with Gasteiger partial charge in [0.05, 0.1) is 68.2 Å². The maximum absolute atomic E-state index is 5.17. The van der Waals surface area contributed by atoms with Crippen LogP contribution in [-0.2, 0) is 0 Å². The number of nitrogens with one attached hydrogen (secondary N) is 6. The van der Waals surface area contributed by atoms with Crippen LogP contribution in [0.25, 0.3) is 22.3 Å². The van der Waals surface area contributed by atoms with E-state index < -0.39 is 0 Å². The predicted molar refractivity (Wildman–Crippen MR) is 466 cm³/mol. The van der Waals surface area contributed by atoms with Crippen molar-refractivity contribution in [3.05, 3.63) is 267 Å². The number of para-hydroxylation sites is 6. The Morgan fingerprint density at radius 1 is 0.204 bits per heavy atom. The lowest BCUT2D eigenvalue weighted by molar-refractivity contribution is 0.666. The fourth-order valence-electron chi connectivity index (χ4n) is 14.1. The fraction of sp³-hybridized carbons (Fsp3) is 0.250. The highest BCUT2D eigenvalue weighted by atomic mass is 15.0. The van der Waals surface area contributed by atoms with Crippen LogP contribution in [0, 0.1) is 0 Å². The maximum atomic E-state index is 5.17. The summed E-state index contributed by atoms with van der Waals surface area (Å²) in [6.45, 7) is 8.04. The van der Waals surface area contributed by atoms with E-state index in [4.69, 9.17) is 30.0 Å². The van der Waals surface area contributed by atoms with Gasteiger partial charge in [-0.2, -0.15) is 0 Å². The molecule has 546 valence electrons. The molecule has 12 nitrogen and oxygen atoms in total. The van der Waals surface area contributed by atoms with Crippen molar-refractivity contribution in [2.75, 3.05) is 31.9 Å². The highest BCUT2D eigenvalue weighted by Gasteiger charge is 2.19. The zero-order valence-electron chi connectivity index (χ0n) is 63.2. The van der Waals surface area contributed by atoms with Gasteiger partial charge in [-0.1, -0.05) is 159 Å². The van der Waals surface area contributed by atoms with Crippen LogP contribution < -0.4 is 31.9 Å². The molecule has 4 fully saturated rings. The monoisotopic (exact) mass is 1420 g/mol. The number of nitrogens with zero attached hydrogens (tertiary/aromatic N) is 6. The quantitative estimate of drug-likeness (QED) is 0.0419. The zero-order chi connectivity index (χ0) is 73.9. The molecule has 11 aromatic rings. The van der Waals surface area contributed by atoms with Gasteiger partial charge in [-0.25, -0.2) is 0 Å². The van der Waals surface area contributed by atoms with Crippen LogP contribution in [0.3, 0.4) is 0 Å². The van der Waals surface area contributed by atoms with Gasteiger partial charge >= 0.3 is 0 Å². The van der Waals surface area contributed by atoms with E-state index in [0.29, 0.717) is 0 Å². The van der Waals surface area contributed by atoms with Crippen molar-refractivity contribution in [2.45, 2.75) is 156 Å². The molecular weight excluding hydrogens is 1320 g/mol. The van der Waals surface area contributed by atoms with Crippen LogP contribution in [-0.4, -0.2) is 34.3 Å². The number of benzene rings is 11. The first-order valence-electron chi connectivity index (χ1n) is 39.1. The highest BCUT2D eigenvalue weighted by molar-refractivity contribution is 5.97. The zero-order valence-corrected chi connectivity index (χ0v) is 63.2. The van der Waals surface area contributed by atoms with Crippen molar-refractivity contribution in [2.24, 2.45) is 30.0 Å². The smallest absolute Gasteiger partial charge is 0.0886 e. The van der Waals surface area contributed by atoms with Crippen molar-refractivity contribution in [3.8, 4) is 22.3 Å². The molecule has 0 atom stereocenters. The van der Waals surface area contributed by atoms with Crippen molar-refractivity contribution >= 4 is 137 Å². The summed E-state index contributed by atoms with van der Waals surface area (Å²) in [6, 6.07) is 92.1. The summed E-state index contributed by atoms with van der Waals surface area (Å²) in [5.41, 5.74) is 29.9. The third-order valence-corrected chi connectivity index (χ3v) is 19.6. The summed E-state index contributed by atoms with van der Waals surface area (Å²) in [5.74, 6) is 0. The highest BCUT2D eigenvalue weighted by Crippen LogP contribution is 2.44. The van der Waals surface area contributed by atoms with Gasteiger partial charge < -0.3 is 31.9 Å². The second kappa shape index (κ2) is 38.5. The minimum absolute atomic E-state index is 0.915. The van der Waals surface area contributed by atoms with Crippen molar-refractivity contribution in [3.63, 3.8) is 0 Å². The molecule has 0 aliphatic heterocycles. The second-order valence-electron chi connectivity index (χ2n) is 28.8. The largest absolute Gasteiger partial charge is 0.354 e. The second-order valence-corrected chi connectivity index (χ2v) is 28.8. The summed E-state index contributed by atoms with van der Waals surface area (Å²) in [4.78, 5) is 30.1. The number of rotatable bonds is 20. The Labute approximate surface area is 640 Å². The average Bonchev–Trinajstić information content (AvgIpc) is 0.826. The van der Waals surface area contributed by atoms with Crippen molar-refractivity contribution < 1.29 is 0 Å². The first-order valence-corrected chi connectivity index (χ1v) is 39.1. The van der Waals surface area contributed by atoms with Gasteiger partial charge in [-0.3, -0.25) is 30.0 Å². The molecule has 11 aromatic carbocycles. The van der Waals surface area contributed by atoms with E-state index in [-0.39, 0.29) is 0 Å². The first-order chi connectivity index (χ1) is 53.1. The molecule has 0 amide bonds. The van der Waals surface area contributed by atoms with E-state index in [0.717, 1.165) is 187 Å². The SMILES string of the molecule is CC(C)=Nc1ccc(-c2ccc(N=C(C)C)c(Nc3ccccc3)c2)cc1Nc1ccccc1.c1ccc(Nc2cc(-c3ccc(N=C4CCCCC4)c(Nc4ccccc4)c3)ccc2N=C2CCCCC2)cc1.c1ccc(Nc2cc(Nc3ccccc3)c(N=C3CCCCC3)cc2N=C2CCCCC2)cc1. The molecule has 108 heavy (non-hydrogen) atoms. The molecule has 0 saturated heterocycles. The number of hydrogen-bond acceptors (Lipinski definition) is 12. The Morgan fingerprint density at radius 3 is 0.639 bits per heavy atom. The lowest BCUT2D eigenvalue weighted by Crippen LogP contribution is -2.05. The van der Waals surface area contributed by atoms with Crippen LogP contribution in [0.4, 0.5) is 102 Å². The fourth-order valence-corrected chi connectivity index (χ4v) is 14.1. The normalized spacial score (nSPS) is 14.0. The molecule has 4 saturated carbocycles. The van der Waals surface area contributed by atoms with Crippen molar-refractivity contribution in [1.29, 1.82) is 0 Å². The number of aliphatic imine (C=N–C) groups is 6. The molecule has 0 radical (unpaired) electrons. The maximum Gasteiger partial charge on any atom is 0.0886 e. The Hall–Kier alpha value is -11.8. The Bertz CT molecular complexity index is 4600. The minimum atomic E-state index is 0.915. The van der Waals surface area contributed by atoms with E-state index in [1.165, 1.54) is 99.9 Å². The van der Waals surface area contributed by atoms with E-state index in [1.54, 1.807) is 0 Å². The molecule has 0 aromatic heterocycles. The molecule has 0 unspecified atom stereocenters. The lowest BCUT2D eigenvalue weighted by atomic mass is 9.98. The van der Waals surface area contributed by atoms with Crippen LogP contribution in [0.2, 0.25) is 0 Å². The number of hydrogen-bond donors (Lipinski definition) is 6. The van der Waals surface area contributed by atoms with Gasteiger partial charge in [-0.05, 0) is 286 Å². The molecule has 15 rings (SSSR count). The lowest BCUT2D eigenvalue weighted by Gasteiger charge is -2.19. The Kier molecular flexibility index (Phi) is 26.6. The summed E-state index contributed by atoms with van der Waals surface area (Å²) in [5, 5.41) is 21.6. The summed E-state index contributed by atoms with van der Waals surface area (Å²) in [6.07, 6.45) is 24.0. The predicted octanol–water partition coefficient (Wildman–Crippen LogP) is 29.2. The number of anilines is 12. The molecule has 0 spiro atoms. The first kappa shape index (κ1) is 74.5. The summed E-state index contributed by atoms with van der Waals surface area (Å²) >= 11 is 0. The summed E-state index contributed by atoms with van der Waals surface area (Å²) in [7, 11) is 0. The van der Waals surface area contributed by atoms with Crippen molar-refractivity contribution in [1.82, 2.24) is 0 Å². The van der Waals surface area contributed by atoms with E-state index in [9.17, 15) is 0 Å². The standard InChI is InChI=1S/C36H38N4.C30H34N4.C30H30N4/c1-5-13-29(14-6-1)37-33-23-21-27(25-35(33)39-31-17-9-3-10-18-31)28-22-24-34(38-30-15-7-2-8-16-30)36(26-28)40-32-19-11-4-12-20-32;1-5-13-23(14-6-1)31-27-21-29(33-25-17-9-3-10-18-25)30(34-26-19-11-4-12-20-26)22-28(27)32-24-15-7-2-8-16-24;1-21(2)31-27-17-15-23(19-29(27)33-25-11-7-5-8-12-25)24-16-18-28(32-22(3)4)30(20-24)34-26-13-9-6-10-14-26/h3-4,9-12,17-26,39-40H,1-2,5-8,13-16H2;1,3,5-6,9-10,13-14,17-18,21-22,31,33H,2,4,7-8,11-12,15-16,19-20H2;5-20,33-34H,1-4H3.